The molecule has 0 aromatic heterocycles. The predicted octanol–water partition coefficient (Wildman–Crippen LogP) is 6.01. The van der Waals surface area contributed by atoms with Crippen LogP contribution in [0.25, 0.3) is 0 Å². The number of benzene rings is 3. The molecule has 1 amide bonds. The Hall–Kier alpha value is -3.05. The first kappa shape index (κ1) is 25.6. The van der Waals surface area contributed by atoms with Crippen molar-refractivity contribution in [3.63, 3.8) is 0 Å². The Morgan fingerprint density at radius 3 is 2.32 bits per heavy atom. The van der Waals surface area contributed by atoms with Crippen molar-refractivity contribution >= 4 is 37.5 Å². The number of carbonyl (C=O) groups is 1. The molecule has 0 bridgehead atoms. The van der Waals surface area contributed by atoms with Gasteiger partial charge in [-0.2, -0.15) is 18.3 Å². The molecule has 178 valence electrons. The summed E-state index contributed by atoms with van der Waals surface area (Å²) in [5.41, 5.74) is 0.559. The van der Waals surface area contributed by atoms with Gasteiger partial charge in [-0.1, -0.05) is 46.3 Å². The third kappa shape index (κ3) is 6.29. The quantitative estimate of drug-likeness (QED) is 0.336. The second kappa shape index (κ2) is 10.5. The van der Waals surface area contributed by atoms with E-state index in [1.54, 1.807) is 36.4 Å². The minimum absolute atomic E-state index is 0.0622. The van der Waals surface area contributed by atoms with Gasteiger partial charge in [0.1, 0.15) is 0 Å². The molecule has 0 fully saturated rings. The highest BCUT2D eigenvalue weighted by Crippen LogP contribution is 2.31. The maximum atomic E-state index is 13.0. The van der Waals surface area contributed by atoms with E-state index in [1.165, 1.54) is 13.1 Å². The van der Waals surface area contributed by atoms with Gasteiger partial charge in [-0.15, -0.1) is 5.11 Å². The maximum absolute atomic E-state index is 13.0. The van der Waals surface area contributed by atoms with Gasteiger partial charge >= 0.3 is 6.18 Å². The van der Waals surface area contributed by atoms with E-state index in [2.05, 4.69) is 26.2 Å². The molecule has 0 aliphatic rings. The van der Waals surface area contributed by atoms with Gasteiger partial charge in [0.15, 0.2) is 0 Å². The van der Waals surface area contributed by atoms with Gasteiger partial charge in [-0.3, -0.25) is 9.10 Å². The number of nitrogens with zero attached hydrogens (tertiary/aromatic N) is 3. The first-order valence-electron chi connectivity index (χ1n) is 9.87. The summed E-state index contributed by atoms with van der Waals surface area (Å²) in [6, 6.07) is 16.9. The van der Waals surface area contributed by atoms with E-state index in [0.717, 1.165) is 38.6 Å². The van der Waals surface area contributed by atoms with Gasteiger partial charge in [-0.25, -0.2) is 8.42 Å². The van der Waals surface area contributed by atoms with E-state index in [-0.39, 0.29) is 23.5 Å². The number of hydrogen-bond donors (Lipinski definition) is 0. The Morgan fingerprint density at radius 1 is 1.00 bits per heavy atom. The van der Waals surface area contributed by atoms with Crippen molar-refractivity contribution in [1.82, 2.24) is 0 Å². The number of azo groups is 1. The summed E-state index contributed by atoms with van der Waals surface area (Å²) in [6.07, 6.45) is -4.51. The van der Waals surface area contributed by atoms with Crippen LogP contribution in [0.2, 0.25) is 0 Å². The molecule has 0 saturated heterocycles. The van der Waals surface area contributed by atoms with Crippen LogP contribution >= 0.6 is 15.9 Å². The Kier molecular flexibility index (Phi) is 7.88. The zero-order valence-electron chi connectivity index (χ0n) is 17.8. The highest BCUT2D eigenvalue weighted by molar-refractivity contribution is 9.10. The number of halogens is 4. The monoisotopic (exact) mass is 553 g/mol. The highest BCUT2D eigenvalue weighted by Gasteiger charge is 2.31. The Morgan fingerprint density at radius 2 is 1.68 bits per heavy atom. The average Bonchev–Trinajstić information content (AvgIpc) is 2.78. The first-order chi connectivity index (χ1) is 16.0. The molecule has 0 aliphatic heterocycles. The van der Waals surface area contributed by atoms with Crippen LogP contribution in [0.15, 0.2) is 92.4 Å². The number of anilines is 1. The fourth-order valence-corrected chi connectivity index (χ4v) is 4.78. The molecule has 0 radical (unpaired) electrons. The summed E-state index contributed by atoms with van der Waals surface area (Å²) in [6.45, 7) is -0.0622. The summed E-state index contributed by atoms with van der Waals surface area (Å²) >= 11 is 3.33. The lowest BCUT2D eigenvalue weighted by molar-refractivity contribution is -0.137. The maximum Gasteiger partial charge on any atom is 0.416 e. The van der Waals surface area contributed by atoms with Crippen molar-refractivity contribution in [2.24, 2.45) is 10.2 Å². The number of hydrogen-bond acceptors (Lipinski definition) is 4. The van der Waals surface area contributed by atoms with Gasteiger partial charge in [-0.05, 0) is 53.6 Å². The lowest BCUT2D eigenvalue weighted by Gasteiger charge is -2.22. The SMILES string of the molecule is CN(c1ccccc1CN=NC(=O)Cc1cccc(Br)c1)S(=O)(=O)c1ccc(C(F)(F)F)cc1. The van der Waals surface area contributed by atoms with Crippen molar-refractivity contribution in [2.75, 3.05) is 11.4 Å². The van der Waals surface area contributed by atoms with Crippen LogP contribution in [-0.4, -0.2) is 21.4 Å². The molecular formula is C23H19BrF3N3O3S. The summed E-state index contributed by atoms with van der Waals surface area (Å²) in [4.78, 5) is 11.8. The van der Waals surface area contributed by atoms with E-state index in [4.69, 9.17) is 0 Å². The smallest absolute Gasteiger partial charge is 0.271 e. The van der Waals surface area contributed by atoms with Crippen LogP contribution < -0.4 is 4.31 Å². The Labute approximate surface area is 203 Å². The van der Waals surface area contributed by atoms with Crippen LogP contribution in [0.1, 0.15) is 16.7 Å². The topological polar surface area (TPSA) is 79.2 Å². The molecule has 0 aliphatic carbocycles. The molecule has 34 heavy (non-hydrogen) atoms. The second-order valence-corrected chi connectivity index (χ2v) is 10.1. The van der Waals surface area contributed by atoms with Gasteiger partial charge in [0, 0.05) is 11.5 Å². The van der Waals surface area contributed by atoms with Crippen LogP contribution in [0.4, 0.5) is 18.9 Å². The third-order valence-corrected chi connectivity index (χ3v) is 7.12. The van der Waals surface area contributed by atoms with Crippen molar-refractivity contribution in [1.29, 1.82) is 0 Å². The molecule has 3 aromatic carbocycles. The standard InChI is InChI=1S/C23H19BrF3N3O3S/c1-30(34(32,33)20-11-9-18(10-12-20)23(25,26)27)21-8-3-2-6-17(21)15-28-29-22(31)14-16-5-4-7-19(24)13-16/h2-13H,14-15H2,1H3. The predicted molar refractivity (Wildman–Crippen MR) is 125 cm³/mol. The van der Waals surface area contributed by atoms with Gasteiger partial charge < -0.3 is 0 Å². The summed E-state index contributed by atoms with van der Waals surface area (Å²) in [7, 11) is -2.85. The number of sulfonamides is 1. The largest absolute Gasteiger partial charge is 0.416 e. The first-order valence-corrected chi connectivity index (χ1v) is 12.1. The molecule has 3 aromatic rings. The van der Waals surface area contributed by atoms with Crippen LogP contribution in [0.5, 0.6) is 0 Å². The molecule has 0 spiro atoms. The molecule has 6 nitrogen and oxygen atoms in total. The van der Waals surface area contributed by atoms with Crippen molar-refractivity contribution in [3.05, 3.63) is 94.0 Å². The number of amides is 1. The Balaban J connectivity index is 1.76. The second-order valence-electron chi connectivity index (χ2n) is 7.22. The average molecular weight is 554 g/mol. The van der Waals surface area contributed by atoms with E-state index >= 15 is 0 Å². The summed E-state index contributed by atoms with van der Waals surface area (Å²) in [5.74, 6) is -0.457. The van der Waals surface area contributed by atoms with E-state index < -0.39 is 27.7 Å². The number of para-hydroxylation sites is 1. The van der Waals surface area contributed by atoms with Gasteiger partial charge in [0.2, 0.25) is 0 Å². The van der Waals surface area contributed by atoms with Gasteiger partial charge in [0.25, 0.3) is 15.9 Å². The fourth-order valence-electron chi connectivity index (χ4n) is 3.10. The molecule has 0 heterocycles. The summed E-state index contributed by atoms with van der Waals surface area (Å²) in [5, 5.41) is 7.61. The molecule has 0 saturated carbocycles. The Bertz CT molecular complexity index is 1310. The highest BCUT2D eigenvalue weighted by atomic mass is 79.9. The molecular weight excluding hydrogens is 535 g/mol. The lowest BCUT2D eigenvalue weighted by Crippen LogP contribution is -2.27. The zero-order valence-corrected chi connectivity index (χ0v) is 20.2. The number of rotatable bonds is 7. The molecule has 3 rings (SSSR count). The minimum atomic E-state index is -4.57. The van der Waals surface area contributed by atoms with Crippen LogP contribution in [-0.2, 0) is 34.0 Å². The zero-order chi connectivity index (χ0) is 24.9. The molecule has 0 N–H and O–H groups in total. The fraction of sp³-hybridized carbons (Fsp3) is 0.174. The van der Waals surface area contributed by atoms with Crippen molar-refractivity contribution in [2.45, 2.75) is 24.0 Å². The van der Waals surface area contributed by atoms with Crippen molar-refractivity contribution in [3.8, 4) is 0 Å². The van der Waals surface area contributed by atoms with Crippen LogP contribution in [0.3, 0.4) is 0 Å². The number of alkyl halides is 3. The molecule has 11 heteroatoms. The minimum Gasteiger partial charge on any atom is -0.271 e. The van der Waals surface area contributed by atoms with Gasteiger partial charge in [0.05, 0.1) is 29.1 Å². The lowest BCUT2D eigenvalue weighted by atomic mass is 10.1. The molecule has 0 atom stereocenters. The van der Waals surface area contributed by atoms with E-state index in [9.17, 15) is 26.4 Å². The number of carbonyl (C=O) groups excluding carboxylic acids is 1. The van der Waals surface area contributed by atoms with Crippen molar-refractivity contribution < 1.29 is 26.4 Å². The normalized spacial score (nSPS) is 12.1. The van der Waals surface area contributed by atoms with E-state index in [1.807, 2.05) is 6.07 Å². The van der Waals surface area contributed by atoms with E-state index in [0.29, 0.717) is 5.56 Å². The summed E-state index contributed by atoms with van der Waals surface area (Å²) < 4.78 is 66.2. The third-order valence-electron chi connectivity index (χ3n) is 4.84. The van der Waals surface area contributed by atoms with Crippen LogP contribution in [0, 0.1) is 0 Å². The molecule has 0 unspecified atom stereocenters.